The Bertz CT molecular complexity index is 866. The Morgan fingerprint density at radius 2 is 1.73 bits per heavy atom. The van der Waals surface area contributed by atoms with Crippen LogP contribution in [0.3, 0.4) is 0 Å². The predicted octanol–water partition coefficient (Wildman–Crippen LogP) is 3.97. The maximum atomic E-state index is 12.5. The molecule has 2 aromatic carbocycles. The number of carbonyl (C=O) groups is 1. The first-order chi connectivity index (χ1) is 12.1. The van der Waals surface area contributed by atoms with Gasteiger partial charge in [-0.15, -0.1) is 12.4 Å². The van der Waals surface area contributed by atoms with Crippen molar-refractivity contribution in [1.82, 2.24) is 0 Å². The van der Waals surface area contributed by atoms with Crippen molar-refractivity contribution in [2.24, 2.45) is 5.73 Å². The van der Waals surface area contributed by atoms with Crippen LogP contribution in [0, 0.1) is 0 Å². The summed E-state index contributed by atoms with van der Waals surface area (Å²) < 4.78 is 11.1. The van der Waals surface area contributed by atoms with Gasteiger partial charge in [0.15, 0.2) is 0 Å². The maximum absolute atomic E-state index is 12.5. The van der Waals surface area contributed by atoms with Crippen molar-refractivity contribution in [3.05, 3.63) is 54.6 Å². The number of benzene rings is 2. The number of nitrogens with two attached hydrogens (primary N) is 1. The number of furan rings is 1. The lowest BCUT2D eigenvalue weighted by atomic mass is 9.90. The van der Waals surface area contributed by atoms with Gasteiger partial charge in [-0.05, 0) is 49.2 Å². The lowest BCUT2D eigenvalue weighted by molar-refractivity contribution is -0.124. The van der Waals surface area contributed by atoms with Crippen molar-refractivity contribution >= 4 is 35.0 Å². The van der Waals surface area contributed by atoms with E-state index in [1.807, 2.05) is 54.6 Å². The summed E-state index contributed by atoms with van der Waals surface area (Å²) >= 11 is 0. The number of halogens is 1. The summed E-state index contributed by atoms with van der Waals surface area (Å²) in [6.07, 6.45) is 1.08. The van der Waals surface area contributed by atoms with E-state index >= 15 is 0 Å². The maximum Gasteiger partial charge on any atom is 0.244 e. The van der Waals surface area contributed by atoms with Crippen LogP contribution in [0.25, 0.3) is 22.3 Å². The second-order valence-electron chi connectivity index (χ2n) is 6.45. The normalized spacial score (nSPS) is 16.0. The molecule has 0 bridgehead atoms. The molecule has 0 aliphatic carbocycles. The SMILES string of the molecule is Cl.NC1(C(=O)Nc2ccc(-c3cc4ccccc4o3)cc2)CCOCC1. The third kappa shape index (κ3) is 3.60. The van der Waals surface area contributed by atoms with Gasteiger partial charge >= 0.3 is 0 Å². The molecule has 0 unspecified atom stereocenters. The lowest BCUT2D eigenvalue weighted by Gasteiger charge is -2.31. The van der Waals surface area contributed by atoms with Crippen LogP contribution in [0.4, 0.5) is 5.69 Å². The van der Waals surface area contributed by atoms with E-state index in [9.17, 15) is 4.79 Å². The second kappa shape index (κ2) is 7.50. The van der Waals surface area contributed by atoms with Gasteiger partial charge in [0.2, 0.25) is 5.91 Å². The number of rotatable bonds is 3. The van der Waals surface area contributed by atoms with E-state index in [1.54, 1.807) is 0 Å². The zero-order valence-corrected chi connectivity index (χ0v) is 15.1. The van der Waals surface area contributed by atoms with Crippen molar-refractivity contribution in [2.75, 3.05) is 18.5 Å². The molecule has 0 atom stereocenters. The van der Waals surface area contributed by atoms with Crippen LogP contribution in [-0.4, -0.2) is 24.7 Å². The molecule has 0 spiro atoms. The molecule has 0 radical (unpaired) electrons. The second-order valence-corrected chi connectivity index (χ2v) is 6.45. The molecule has 26 heavy (non-hydrogen) atoms. The average Bonchev–Trinajstić information content (AvgIpc) is 3.07. The first kappa shape index (κ1) is 18.5. The van der Waals surface area contributed by atoms with E-state index in [2.05, 4.69) is 5.32 Å². The van der Waals surface area contributed by atoms with E-state index in [-0.39, 0.29) is 18.3 Å². The van der Waals surface area contributed by atoms with Crippen molar-refractivity contribution in [3.8, 4) is 11.3 Å². The molecule has 1 aromatic heterocycles. The molecule has 5 nitrogen and oxygen atoms in total. The summed E-state index contributed by atoms with van der Waals surface area (Å²) in [5.74, 6) is 0.645. The Morgan fingerprint density at radius 1 is 1.04 bits per heavy atom. The zero-order valence-electron chi connectivity index (χ0n) is 14.2. The standard InChI is InChI=1S/C20H20N2O3.ClH/c21-20(9-11-24-12-10-20)19(23)22-16-7-5-14(6-8-16)18-13-15-3-1-2-4-17(15)25-18;/h1-8,13H,9-12,21H2,(H,22,23);1H. The van der Waals surface area contributed by atoms with Gasteiger partial charge in [0, 0.05) is 29.9 Å². The summed E-state index contributed by atoms with van der Waals surface area (Å²) in [6.45, 7) is 1.05. The van der Waals surface area contributed by atoms with Gasteiger partial charge in [-0.3, -0.25) is 4.79 Å². The fraction of sp³-hybridized carbons (Fsp3) is 0.250. The van der Waals surface area contributed by atoms with Gasteiger partial charge in [-0.1, -0.05) is 18.2 Å². The van der Waals surface area contributed by atoms with Gasteiger partial charge < -0.3 is 20.2 Å². The fourth-order valence-electron chi connectivity index (χ4n) is 3.06. The molecule has 0 saturated carbocycles. The summed E-state index contributed by atoms with van der Waals surface area (Å²) in [6, 6.07) is 17.5. The molecule has 3 aromatic rings. The highest BCUT2D eigenvalue weighted by molar-refractivity contribution is 5.98. The highest BCUT2D eigenvalue weighted by atomic mass is 35.5. The number of carbonyl (C=O) groups excluding carboxylic acids is 1. The summed E-state index contributed by atoms with van der Waals surface area (Å²) in [4.78, 5) is 12.5. The molecule has 6 heteroatoms. The molecule has 3 N–H and O–H groups in total. The molecule has 2 heterocycles. The molecule has 136 valence electrons. The van der Waals surface area contributed by atoms with Gasteiger partial charge in [-0.25, -0.2) is 0 Å². The predicted molar refractivity (Wildman–Crippen MR) is 104 cm³/mol. The van der Waals surface area contributed by atoms with Crippen LogP contribution >= 0.6 is 12.4 Å². The van der Waals surface area contributed by atoms with Crippen LogP contribution in [0.2, 0.25) is 0 Å². The minimum atomic E-state index is -0.852. The molecule has 4 rings (SSSR count). The van der Waals surface area contributed by atoms with E-state index in [0.29, 0.717) is 26.1 Å². The number of fused-ring (bicyclic) bond motifs is 1. The molecule has 1 saturated heterocycles. The highest BCUT2D eigenvalue weighted by Crippen LogP contribution is 2.29. The molecule has 1 amide bonds. The largest absolute Gasteiger partial charge is 0.456 e. The highest BCUT2D eigenvalue weighted by Gasteiger charge is 2.35. The van der Waals surface area contributed by atoms with Gasteiger partial charge in [0.25, 0.3) is 0 Å². The first-order valence-electron chi connectivity index (χ1n) is 8.41. The topological polar surface area (TPSA) is 77.5 Å². The van der Waals surface area contributed by atoms with Gasteiger partial charge in [0.1, 0.15) is 16.9 Å². The number of anilines is 1. The Labute approximate surface area is 157 Å². The quantitative estimate of drug-likeness (QED) is 0.729. The monoisotopic (exact) mass is 372 g/mol. The van der Waals surface area contributed by atoms with Gasteiger partial charge in [-0.2, -0.15) is 0 Å². The van der Waals surface area contributed by atoms with E-state index in [4.69, 9.17) is 14.9 Å². The Hall–Kier alpha value is -2.34. The third-order valence-electron chi connectivity index (χ3n) is 4.69. The van der Waals surface area contributed by atoms with Gasteiger partial charge in [0.05, 0.1) is 0 Å². The molecule has 1 fully saturated rings. The van der Waals surface area contributed by atoms with Crippen LogP contribution in [0.5, 0.6) is 0 Å². The van der Waals surface area contributed by atoms with Crippen molar-refractivity contribution in [1.29, 1.82) is 0 Å². The lowest BCUT2D eigenvalue weighted by Crippen LogP contribution is -2.54. The first-order valence-corrected chi connectivity index (χ1v) is 8.41. The Morgan fingerprint density at radius 3 is 2.42 bits per heavy atom. The minimum absolute atomic E-state index is 0. The number of para-hydroxylation sites is 1. The van der Waals surface area contributed by atoms with Crippen LogP contribution in [0.15, 0.2) is 59.0 Å². The number of ether oxygens (including phenoxy) is 1. The zero-order chi connectivity index (χ0) is 17.3. The van der Waals surface area contributed by atoms with E-state index < -0.39 is 5.54 Å². The Balaban J connectivity index is 0.00000196. The third-order valence-corrected chi connectivity index (χ3v) is 4.69. The summed E-state index contributed by atoms with van der Waals surface area (Å²) in [7, 11) is 0. The molecular weight excluding hydrogens is 352 g/mol. The van der Waals surface area contributed by atoms with Crippen molar-refractivity contribution < 1.29 is 13.9 Å². The smallest absolute Gasteiger partial charge is 0.244 e. The number of hydrogen-bond acceptors (Lipinski definition) is 4. The molecule has 1 aliphatic heterocycles. The summed E-state index contributed by atoms with van der Waals surface area (Å²) in [5, 5.41) is 3.98. The number of hydrogen-bond donors (Lipinski definition) is 2. The fourth-order valence-corrected chi connectivity index (χ4v) is 3.06. The minimum Gasteiger partial charge on any atom is -0.456 e. The van der Waals surface area contributed by atoms with E-state index in [1.165, 1.54) is 0 Å². The van der Waals surface area contributed by atoms with Crippen molar-refractivity contribution in [2.45, 2.75) is 18.4 Å². The Kier molecular flexibility index (Phi) is 5.32. The van der Waals surface area contributed by atoms with E-state index in [0.717, 1.165) is 28.0 Å². The van der Waals surface area contributed by atoms with Crippen LogP contribution in [-0.2, 0) is 9.53 Å². The average molecular weight is 373 g/mol. The summed E-state index contributed by atoms with van der Waals surface area (Å²) in [5.41, 5.74) is 7.90. The number of amides is 1. The van der Waals surface area contributed by atoms with Crippen molar-refractivity contribution in [3.63, 3.8) is 0 Å². The van der Waals surface area contributed by atoms with Crippen LogP contribution in [0.1, 0.15) is 12.8 Å². The number of nitrogens with one attached hydrogen (secondary N) is 1. The molecular formula is C20H21ClN2O3. The molecule has 1 aliphatic rings. The van der Waals surface area contributed by atoms with Crippen LogP contribution < -0.4 is 11.1 Å².